The molecule has 0 unspecified atom stereocenters. The van der Waals surface area contributed by atoms with Gasteiger partial charge >= 0.3 is 0 Å². The molecule has 1 rings (SSSR count). The largest absolute Gasteiger partial charge is 0.507 e. The van der Waals surface area contributed by atoms with E-state index in [4.69, 9.17) is 0 Å². The van der Waals surface area contributed by atoms with Crippen LogP contribution in [0.4, 0.5) is 0 Å². The van der Waals surface area contributed by atoms with Gasteiger partial charge in [0.15, 0.2) is 6.29 Å². The van der Waals surface area contributed by atoms with Gasteiger partial charge in [-0.25, -0.2) is 0 Å². The molecular weight excluding hydrogens is 308 g/mol. The zero-order valence-electron chi connectivity index (χ0n) is 18.0. The van der Waals surface area contributed by atoms with Gasteiger partial charge in [0.2, 0.25) is 0 Å². The summed E-state index contributed by atoms with van der Waals surface area (Å²) < 4.78 is 0. The molecule has 0 radical (unpaired) electrons. The lowest BCUT2D eigenvalue weighted by Crippen LogP contribution is -2.28. The summed E-state index contributed by atoms with van der Waals surface area (Å²) in [6, 6.07) is 3.99. The Balaban J connectivity index is 3.53. The highest BCUT2D eigenvalue weighted by molar-refractivity contribution is 5.81. The quantitative estimate of drug-likeness (QED) is 0.607. The molecule has 2 heteroatoms. The van der Waals surface area contributed by atoms with Gasteiger partial charge in [0.05, 0.1) is 5.56 Å². The zero-order chi connectivity index (χ0) is 19.8. The summed E-state index contributed by atoms with van der Waals surface area (Å²) in [7, 11) is 0. The molecule has 0 fully saturated rings. The molecule has 142 valence electrons. The summed E-state index contributed by atoms with van der Waals surface area (Å²) in [6.45, 7) is 22.1. The van der Waals surface area contributed by atoms with E-state index in [1.54, 1.807) is 0 Å². The Hall–Kier alpha value is -1.31. The molecule has 0 bridgehead atoms. The summed E-state index contributed by atoms with van der Waals surface area (Å²) >= 11 is 0. The van der Waals surface area contributed by atoms with Gasteiger partial charge in [-0.2, -0.15) is 0 Å². The third kappa shape index (κ3) is 5.87. The normalized spacial score (nSPS) is 13.8. The maximum atomic E-state index is 11.6. The number of carbonyl (C=O) groups excluding carboxylic acids is 1. The van der Waals surface area contributed by atoms with E-state index in [0.717, 1.165) is 30.3 Å². The lowest BCUT2D eigenvalue weighted by molar-refractivity contribution is 0.112. The summed E-state index contributed by atoms with van der Waals surface area (Å²) in [5.74, 6) is 0.138. The van der Waals surface area contributed by atoms with Crippen LogP contribution in [-0.4, -0.2) is 11.4 Å². The van der Waals surface area contributed by atoms with Crippen LogP contribution < -0.4 is 0 Å². The Bertz CT molecular complexity index is 623. The minimum atomic E-state index is -0.214. The first-order valence-electron chi connectivity index (χ1n) is 9.32. The highest BCUT2D eigenvalue weighted by Crippen LogP contribution is 2.44. The molecule has 0 aromatic heterocycles. The predicted octanol–water partition coefficient (Wildman–Crippen LogP) is 6.63. The number of phenols is 1. The molecule has 0 heterocycles. The number of aldehydes is 1. The van der Waals surface area contributed by atoms with Crippen molar-refractivity contribution in [1.82, 2.24) is 0 Å². The van der Waals surface area contributed by atoms with Crippen LogP contribution in [0.5, 0.6) is 5.75 Å². The second-order valence-corrected chi connectivity index (χ2v) is 11.3. The van der Waals surface area contributed by atoms with E-state index >= 15 is 0 Å². The van der Waals surface area contributed by atoms with E-state index in [0.29, 0.717) is 5.56 Å². The predicted molar refractivity (Wildman–Crippen MR) is 108 cm³/mol. The molecule has 0 amide bonds. The maximum absolute atomic E-state index is 11.6. The van der Waals surface area contributed by atoms with Crippen LogP contribution in [0, 0.1) is 10.8 Å². The van der Waals surface area contributed by atoms with Crippen LogP contribution in [0.2, 0.25) is 0 Å². The van der Waals surface area contributed by atoms with Gasteiger partial charge in [-0.3, -0.25) is 4.79 Å². The van der Waals surface area contributed by atoms with Crippen molar-refractivity contribution in [2.75, 3.05) is 0 Å². The third-order valence-corrected chi connectivity index (χ3v) is 4.72. The Kier molecular flexibility index (Phi) is 5.89. The topological polar surface area (TPSA) is 37.3 Å². The molecule has 0 saturated heterocycles. The number of phenolic OH excluding ortho intramolecular Hbond substituents is 1. The van der Waals surface area contributed by atoms with Crippen molar-refractivity contribution in [1.29, 1.82) is 0 Å². The number of hydrogen-bond donors (Lipinski definition) is 1. The molecule has 0 atom stereocenters. The van der Waals surface area contributed by atoms with E-state index in [-0.39, 0.29) is 27.4 Å². The third-order valence-electron chi connectivity index (χ3n) is 4.72. The lowest BCUT2D eigenvalue weighted by Gasteiger charge is -2.37. The maximum Gasteiger partial charge on any atom is 0.153 e. The summed E-state index contributed by atoms with van der Waals surface area (Å²) in [5, 5.41) is 10.7. The molecule has 1 aromatic carbocycles. The monoisotopic (exact) mass is 346 g/mol. The summed E-state index contributed by atoms with van der Waals surface area (Å²) in [5.41, 5.74) is 2.43. The van der Waals surface area contributed by atoms with Crippen LogP contribution in [0.3, 0.4) is 0 Å². The van der Waals surface area contributed by atoms with Gasteiger partial charge < -0.3 is 5.11 Å². The molecule has 1 N–H and O–H groups in total. The molecule has 1 aromatic rings. The van der Waals surface area contributed by atoms with Gasteiger partial charge in [-0.15, -0.1) is 0 Å². The number of aromatic hydroxyl groups is 1. The summed E-state index contributed by atoms with van der Waals surface area (Å²) in [6.07, 6.45) is 2.71. The first kappa shape index (κ1) is 21.7. The summed E-state index contributed by atoms with van der Waals surface area (Å²) in [4.78, 5) is 11.6. The Morgan fingerprint density at radius 1 is 0.800 bits per heavy atom. The van der Waals surface area contributed by atoms with Crippen molar-refractivity contribution in [3.05, 3.63) is 28.8 Å². The average molecular weight is 347 g/mol. The van der Waals surface area contributed by atoms with Crippen LogP contribution in [-0.2, 0) is 10.8 Å². The van der Waals surface area contributed by atoms with Gasteiger partial charge in [0.25, 0.3) is 0 Å². The van der Waals surface area contributed by atoms with Crippen LogP contribution in [0.25, 0.3) is 0 Å². The van der Waals surface area contributed by atoms with E-state index in [1.807, 2.05) is 6.07 Å². The molecule has 2 nitrogen and oxygen atoms in total. The van der Waals surface area contributed by atoms with Crippen LogP contribution >= 0.6 is 0 Å². The fourth-order valence-corrected chi connectivity index (χ4v) is 4.50. The second-order valence-electron chi connectivity index (χ2n) is 11.3. The standard InChI is InChI=1S/C23H38O2/c1-20(2,3)14-22(7,8)17-11-16(13-24)19(25)18(12-17)23(9,10)15-21(4,5)6/h11-13,25H,14-15H2,1-10H3. The van der Waals surface area contributed by atoms with E-state index in [1.165, 1.54) is 0 Å². The van der Waals surface area contributed by atoms with Gasteiger partial charge in [0.1, 0.15) is 5.75 Å². The second kappa shape index (κ2) is 6.78. The number of benzene rings is 1. The highest BCUT2D eigenvalue weighted by atomic mass is 16.3. The Morgan fingerprint density at radius 2 is 1.24 bits per heavy atom. The van der Waals surface area contributed by atoms with E-state index < -0.39 is 0 Å². The van der Waals surface area contributed by atoms with Crippen molar-refractivity contribution >= 4 is 6.29 Å². The lowest BCUT2D eigenvalue weighted by atomic mass is 9.68. The van der Waals surface area contributed by atoms with E-state index in [9.17, 15) is 9.90 Å². The first-order valence-corrected chi connectivity index (χ1v) is 9.32. The van der Waals surface area contributed by atoms with Gasteiger partial charge in [-0.05, 0) is 46.1 Å². The minimum absolute atomic E-state index is 0.0731. The molecular formula is C23H38O2. The number of carbonyl (C=O) groups is 1. The fraction of sp³-hybridized carbons (Fsp3) is 0.696. The Morgan fingerprint density at radius 3 is 1.64 bits per heavy atom. The van der Waals surface area contributed by atoms with Crippen LogP contribution in [0.15, 0.2) is 12.1 Å². The molecule has 0 spiro atoms. The SMILES string of the molecule is CC(C)(C)CC(C)(C)c1cc(C=O)c(O)c(C(C)(C)CC(C)(C)C)c1. The fourth-order valence-electron chi connectivity index (χ4n) is 4.50. The molecule has 0 saturated carbocycles. The Labute approximate surface area is 155 Å². The number of rotatable bonds is 5. The smallest absolute Gasteiger partial charge is 0.153 e. The van der Waals surface area contributed by atoms with Gasteiger partial charge in [-0.1, -0.05) is 75.3 Å². The van der Waals surface area contributed by atoms with Crippen molar-refractivity contribution in [3.8, 4) is 5.75 Å². The van der Waals surface area contributed by atoms with Crippen molar-refractivity contribution < 1.29 is 9.90 Å². The molecule has 25 heavy (non-hydrogen) atoms. The van der Waals surface area contributed by atoms with Crippen LogP contribution in [0.1, 0.15) is 104 Å². The minimum Gasteiger partial charge on any atom is -0.507 e. The molecule has 0 aliphatic carbocycles. The zero-order valence-corrected chi connectivity index (χ0v) is 18.0. The highest BCUT2D eigenvalue weighted by Gasteiger charge is 2.34. The number of hydrogen-bond acceptors (Lipinski definition) is 2. The van der Waals surface area contributed by atoms with Crippen molar-refractivity contribution in [2.24, 2.45) is 10.8 Å². The van der Waals surface area contributed by atoms with Crippen molar-refractivity contribution in [2.45, 2.75) is 92.9 Å². The average Bonchev–Trinajstić information content (AvgIpc) is 2.32. The van der Waals surface area contributed by atoms with Gasteiger partial charge in [0, 0.05) is 5.56 Å². The molecule has 0 aliphatic heterocycles. The van der Waals surface area contributed by atoms with E-state index in [2.05, 4.69) is 75.3 Å². The molecule has 0 aliphatic rings. The first-order chi connectivity index (χ1) is 11.0. The van der Waals surface area contributed by atoms with Crippen molar-refractivity contribution in [3.63, 3.8) is 0 Å².